The van der Waals surface area contributed by atoms with E-state index in [4.69, 9.17) is 5.73 Å². The molecule has 0 heterocycles. The van der Waals surface area contributed by atoms with E-state index in [1.807, 2.05) is 13.8 Å². The molecule has 0 spiro atoms. The molecular formula is C13H19BrN2. The summed E-state index contributed by atoms with van der Waals surface area (Å²) in [5.41, 5.74) is 9.31. The van der Waals surface area contributed by atoms with E-state index < -0.39 is 0 Å². The molecule has 0 aliphatic rings. The minimum absolute atomic E-state index is 0.0508. The summed E-state index contributed by atoms with van der Waals surface area (Å²) in [6.07, 6.45) is 0. The Labute approximate surface area is 106 Å². The molecule has 0 aromatic heterocycles. The Kier molecular flexibility index (Phi) is 4.56. The van der Waals surface area contributed by atoms with Crippen LogP contribution in [-0.2, 0) is 0 Å². The van der Waals surface area contributed by atoms with E-state index in [0.717, 1.165) is 22.2 Å². The maximum atomic E-state index is 5.86. The normalized spacial score (nSPS) is 12.3. The van der Waals surface area contributed by atoms with Crippen LogP contribution in [0.1, 0.15) is 25.5 Å². The molecule has 0 aliphatic heterocycles. The van der Waals surface area contributed by atoms with E-state index in [9.17, 15) is 0 Å². The molecule has 0 fully saturated rings. The van der Waals surface area contributed by atoms with Crippen molar-refractivity contribution in [3.8, 4) is 0 Å². The summed E-state index contributed by atoms with van der Waals surface area (Å²) in [6.45, 7) is 8.79. The van der Waals surface area contributed by atoms with Crippen molar-refractivity contribution < 1.29 is 0 Å². The van der Waals surface area contributed by atoms with E-state index in [0.29, 0.717) is 0 Å². The summed E-state index contributed by atoms with van der Waals surface area (Å²) in [6, 6.07) is 6.31. The second-order valence-corrected chi connectivity index (χ2v) is 5.16. The molecule has 0 radical (unpaired) electrons. The Hall–Kier alpha value is -0.800. The van der Waals surface area contributed by atoms with Crippen LogP contribution < -0.4 is 10.6 Å². The second-order valence-electron chi connectivity index (χ2n) is 4.31. The SMILES string of the molecule is C=C(C)CN(C)c1ccc([C@@H](C)N)c(Br)c1. The zero-order chi connectivity index (χ0) is 12.3. The minimum Gasteiger partial charge on any atom is -0.371 e. The number of benzene rings is 1. The van der Waals surface area contributed by atoms with E-state index in [1.54, 1.807) is 0 Å². The van der Waals surface area contributed by atoms with E-state index >= 15 is 0 Å². The van der Waals surface area contributed by atoms with Gasteiger partial charge in [-0.25, -0.2) is 0 Å². The number of rotatable bonds is 4. The summed E-state index contributed by atoms with van der Waals surface area (Å²) < 4.78 is 1.06. The number of halogens is 1. The zero-order valence-corrected chi connectivity index (χ0v) is 11.7. The van der Waals surface area contributed by atoms with Crippen molar-refractivity contribution in [2.75, 3.05) is 18.5 Å². The van der Waals surface area contributed by atoms with Crippen LogP contribution in [0.2, 0.25) is 0 Å². The van der Waals surface area contributed by atoms with E-state index in [-0.39, 0.29) is 6.04 Å². The molecule has 0 saturated carbocycles. The van der Waals surface area contributed by atoms with E-state index in [2.05, 4.69) is 52.7 Å². The highest BCUT2D eigenvalue weighted by atomic mass is 79.9. The maximum Gasteiger partial charge on any atom is 0.0380 e. The van der Waals surface area contributed by atoms with Crippen LogP contribution in [-0.4, -0.2) is 13.6 Å². The largest absolute Gasteiger partial charge is 0.371 e. The molecule has 16 heavy (non-hydrogen) atoms. The van der Waals surface area contributed by atoms with Crippen molar-refractivity contribution in [3.05, 3.63) is 40.4 Å². The quantitative estimate of drug-likeness (QED) is 0.857. The van der Waals surface area contributed by atoms with Crippen LogP contribution in [0, 0.1) is 0 Å². The van der Waals surface area contributed by atoms with Crippen LogP contribution in [0.4, 0.5) is 5.69 Å². The van der Waals surface area contributed by atoms with Gasteiger partial charge in [0.1, 0.15) is 0 Å². The molecule has 88 valence electrons. The molecule has 0 unspecified atom stereocenters. The summed E-state index contributed by atoms with van der Waals surface area (Å²) >= 11 is 3.55. The fourth-order valence-electron chi connectivity index (χ4n) is 1.62. The van der Waals surface area contributed by atoms with E-state index in [1.165, 1.54) is 5.69 Å². The van der Waals surface area contributed by atoms with Gasteiger partial charge in [-0.3, -0.25) is 0 Å². The lowest BCUT2D eigenvalue weighted by Crippen LogP contribution is -2.19. The third kappa shape index (κ3) is 3.35. The lowest BCUT2D eigenvalue weighted by atomic mass is 10.1. The van der Waals surface area contributed by atoms with Gasteiger partial charge in [0.2, 0.25) is 0 Å². The summed E-state index contributed by atoms with van der Waals surface area (Å²) in [5.74, 6) is 0. The molecule has 0 aliphatic carbocycles. The van der Waals surface area contributed by atoms with Gasteiger partial charge >= 0.3 is 0 Å². The topological polar surface area (TPSA) is 29.3 Å². The molecule has 0 amide bonds. The van der Waals surface area contributed by atoms with Gasteiger partial charge in [-0.1, -0.05) is 34.1 Å². The van der Waals surface area contributed by atoms with Gasteiger partial charge in [-0.05, 0) is 31.5 Å². The van der Waals surface area contributed by atoms with Crippen LogP contribution in [0.5, 0.6) is 0 Å². The van der Waals surface area contributed by atoms with Gasteiger partial charge in [-0.15, -0.1) is 0 Å². The van der Waals surface area contributed by atoms with Crippen molar-refractivity contribution in [1.82, 2.24) is 0 Å². The lowest BCUT2D eigenvalue weighted by molar-refractivity contribution is 0.812. The Morgan fingerprint density at radius 3 is 2.62 bits per heavy atom. The molecule has 1 aromatic carbocycles. The minimum atomic E-state index is 0.0508. The van der Waals surface area contributed by atoms with Crippen LogP contribution >= 0.6 is 15.9 Å². The predicted molar refractivity (Wildman–Crippen MR) is 74.8 cm³/mol. The average Bonchev–Trinajstić information content (AvgIpc) is 2.15. The van der Waals surface area contributed by atoms with Gasteiger partial charge in [0.25, 0.3) is 0 Å². The molecule has 2 nitrogen and oxygen atoms in total. The van der Waals surface area contributed by atoms with Gasteiger partial charge in [0, 0.05) is 29.8 Å². The van der Waals surface area contributed by atoms with Crippen molar-refractivity contribution in [2.45, 2.75) is 19.9 Å². The van der Waals surface area contributed by atoms with Gasteiger partial charge < -0.3 is 10.6 Å². The highest BCUT2D eigenvalue weighted by Crippen LogP contribution is 2.27. The summed E-state index contributed by atoms with van der Waals surface area (Å²) in [4.78, 5) is 2.16. The maximum absolute atomic E-state index is 5.86. The van der Waals surface area contributed by atoms with Crippen LogP contribution in [0.3, 0.4) is 0 Å². The zero-order valence-electron chi connectivity index (χ0n) is 10.1. The number of anilines is 1. The molecule has 1 atom stereocenters. The number of hydrogen-bond donors (Lipinski definition) is 1. The molecule has 2 N–H and O–H groups in total. The predicted octanol–water partition coefficient (Wildman–Crippen LogP) is 3.48. The molecule has 1 rings (SSSR count). The average molecular weight is 283 g/mol. The molecular weight excluding hydrogens is 264 g/mol. The number of likely N-dealkylation sites (N-methyl/N-ethyl adjacent to an activating group) is 1. The molecule has 0 saturated heterocycles. The number of hydrogen-bond acceptors (Lipinski definition) is 2. The molecule has 1 aromatic rings. The first-order valence-electron chi connectivity index (χ1n) is 5.32. The van der Waals surface area contributed by atoms with Gasteiger partial charge in [0.15, 0.2) is 0 Å². The fourth-order valence-corrected chi connectivity index (χ4v) is 2.35. The monoisotopic (exact) mass is 282 g/mol. The number of nitrogens with two attached hydrogens (primary N) is 1. The molecule has 0 bridgehead atoms. The van der Waals surface area contributed by atoms with Crippen molar-refractivity contribution in [2.24, 2.45) is 5.73 Å². The van der Waals surface area contributed by atoms with Crippen molar-refractivity contribution >= 4 is 21.6 Å². The second kappa shape index (κ2) is 5.51. The Balaban J connectivity index is 2.92. The lowest BCUT2D eigenvalue weighted by Gasteiger charge is -2.21. The Morgan fingerprint density at radius 1 is 1.56 bits per heavy atom. The standard InChI is InChI=1S/C13H19BrN2/c1-9(2)8-16(4)11-5-6-12(10(3)15)13(14)7-11/h5-7,10H,1,8,15H2,2-4H3/t10-/m1/s1. The summed E-state index contributed by atoms with van der Waals surface area (Å²) in [5, 5.41) is 0. The van der Waals surface area contributed by atoms with Crippen molar-refractivity contribution in [1.29, 1.82) is 0 Å². The van der Waals surface area contributed by atoms with Crippen LogP contribution in [0.15, 0.2) is 34.8 Å². The number of nitrogens with zero attached hydrogens (tertiary/aromatic N) is 1. The fraction of sp³-hybridized carbons (Fsp3) is 0.385. The smallest absolute Gasteiger partial charge is 0.0380 e. The summed E-state index contributed by atoms with van der Waals surface area (Å²) in [7, 11) is 2.06. The molecule has 3 heteroatoms. The van der Waals surface area contributed by atoms with Gasteiger partial charge in [-0.2, -0.15) is 0 Å². The first-order valence-corrected chi connectivity index (χ1v) is 6.11. The first-order chi connectivity index (χ1) is 7.41. The Morgan fingerprint density at radius 2 is 2.19 bits per heavy atom. The highest BCUT2D eigenvalue weighted by Gasteiger charge is 2.07. The first kappa shape index (κ1) is 13.3. The third-order valence-electron chi connectivity index (χ3n) is 2.42. The third-order valence-corrected chi connectivity index (χ3v) is 3.11. The van der Waals surface area contributed by atoms with Crippen LogP contribution in [0.25, 0.3) is 0 Å². The van der Waals surface area contributed by atoms with Crippen molar-refractivity contribution in [3.63, 3.8) is 0 Å². The Bertz CT molecular complexity index is 386. The van der Waals surface area contributed by atoms with Gasteiger partial charge in [0.05, 0.1) is 0 Å². The highest BCUT2D eigenvalue weighted by molar-refractivity contribution is 9.10.